The molecule has 2 aliphatic rings. The van der Waals surface area contributed by atoms with Crippen LogP contribution >= 0.6 is 0 Å². The van der Waals surface area contributed by atoms with Crippen molar-refractivity contribution in [3.05, 3.63) is 48.0 Å². The SMILES string of the molecule is c1ccc2c([C@H](CC3CC3)N3CCNCC3)cccc2c1. The van der Waals surface area contributed by atoms with Crippen molar-refractivity contribution in [2.75, 3.05) is 26.2 Å². The molecule has 1 aliphatic heterocycles. The molecule has 0 unspecified atom stereocenters. The van der Waals surface area contributed by atoms with Crippen molar-refractivity contribution in [3.63, 3.8) is 0 Å². The van der Waals surface area contributed by atoms with E-state index in [1.54, 1.807) is 5.56 Å². The molecular weight excluding hydrogens is 256 g/mol. The third-order valence-electron chi connectivity index (χ3n) is 5.03. The van der Waals surface area contributed by atoms with Crippen LogP contribution in [0.2, 0.25) is 0 Å². The smallest absolute Gasteiger partial charge is 0.0357 e. The average molecular weight is 280 g/mol. The second-order valence-electron chi connectivity index (χ2n) is 6.55. The maximum Gasteiger partial charge on any atom is 0.0357 e. The zero-order valence-corrected chi connectivity index (χ0v) is 12.6. The zero-order valence-electron chi connectivity index (χ0n) is 12.6. The van der Waals surface area contributed by atoms with Crippen LogP contribution in [0.15, 0.2) is 42.5 Å². The fraction of sp³-hybridized carbons (Fsp3) is 0.474. The van der Waals surface area contributed by atoms with Crippen LogP contribution in [-0.4, -0.2) is 31.1 Å². The number of hydrogen-bond donors (Lipinski definition) is 1. The second-order valence-corrected chi connectivity index (χ2v) is 6.55. The second kappa shape index (κ2) is 5.78. The third-order valence-corrected chi connectivity index (χ3v) is 5.03. The summed E-state index contributed by atoms with van der Waals surface area (Å²) >= 11 is 0. The summed E-state index contributed by atoms with van der Waals surface area (Å²) in [5.41, 5.74) is 1.54. The van der Waals surface area contributed by atoms with Crippen molar-refractivity contribution in [1.29, 1.82) is 0 Å². The average Bonchev–Trinajstić information content (AvgIpc) is 3.37. The van der Waals surface area contributed by atoms with Gasteiger partial charge in [0.15, 0.2) is 0 Å². The summed E-state index contributed by atoms with van der Waals surface area (Å²) < 4.78 is 0. The Bertz CT molecular complexity index is 606. The Labute approximate surface area is 127 Å². The summed E-state index contributed by atoms with van der Waals surface area (Å²) in [4.78, 5) is 2.70. The van der Waals surface area contributed by atoms with E-state index in [2.05, 4.69) is 52.7 Å². The van der Waals surface area contributed by atoms with E-state index in [0.29, 0.717) is 6.04 Å². The fourth-order valence-corrected chi connectivity index (χ4v) is 3.68. The summed E-state index contributed by atoms with van der Waals surface area (Å²) in [6.45, 7) is 4.62. The van der Waals surface area contributed by atoms with E-state index in [1.165, 1.54) is 43.1 Å². The Balaban J connectivity index is 1.72. The molecule has 0 bridgehead atoms. The molecule has 110 valence electrons. The van der Waals surface area contributed by atoms with Crippen LogP contribution < -0.4 is 5.32 Å². The van der Waals surface area contributed by atoms with Gasteiger partial charge in [-0.25, -0.2) is 0 Å². The number of benzene rings is 2. The predicted molar refractivity (Wildman–Crippen MR) is 88.5 cm³/mol. The van der Waals surface area contributed by atoms with Gasteiger partial charge >= 0.3 is 0 Å². The summed E-state index contributed by atoms with van der Waals surface area (Å²) in [6, 6.07) is 16.3. The van der Waals surface area contributed by atoms with Gasteiger partial charge in [-0.1, -0.05) is 55.3 Å². The first kappa shape index (κ1) is 13.3. The van der Waals surface area contributed by atoms with Crippen LogP contribution in [0.3, 0.4) is 0 Å². The molecule has 2 nitrogen and oxygen atoms in total. The largest absolute Gasteiger partial charge is 0.314 e. The first-order valence-electron chi connectivity index (χ1n) is 8.34. The first-order valence-corrected chi connectivity index (χ1v) is 8.34. The molecule has 1 N–H and O–H groups in total. The summed E-state index contributed by atoms with van der Waals surface area (Å²) in [7, 11) is 0. The number of fused-ring (bicyclic) bond motifs is 1. The van der Waals surface area contributed by atoms with Gasteiger partial charge in [-0.2, -0.15) is 0 Å². The fourth-order valence-electron chi connectivity index (χ4n) is 3.68. The highest BCUT2D eigenvalue weighted by atomic mass is 15.2. The van der Waals surface area contributed by atoms with Gasteiger partial charge in [0.2, 0.25) is 0 Å². The van der Waals surface area contributed by atoms with Gasteiger partial charge in [0, 0.05) is 32.2 Å². The van der Waals surface area contributed by atoms with Crippen LogP contribution in [-0.2, 0) is 0 Å². The number of piperazine rings is 1. The maximum atomic E-state index is 3.49. The number of nitrogens with one attached hydrogen (secondary N) is 1. The van der Waals surface area contributed by atoms with E-state index in [1.807, 2.05) is 0 Å². The quantitative estimate of drug-likeness (QED) is 0.921. The molecule has 2 heteroatoms. The Morgan fingerprint density at radius 2 is 1.76 bits per heavy atom. The highest BCUT2D eigenvalue weighted by Gasteiger charge is 2.31. The van der Waals surface area contributed by atoms with Crippen molar-refractivity contribution in [3.8, 4) is 0 Å². The van der Waals surface area contributed by atoms with Gasteiger partial charge in [0.05, 0.1) is 0 Å². The number of hydrogen-bond acceptors (Lipinski definition) is 2. The van der Waals surface area contributed by atoms with E-state index >= 15 is 0 Å². The van der Waals surface area contributed by atoms with Crippen LogP contribution in [0, 0.1) is 5.92 Å². The highest BCUT2D eigenvalue weighted by molar-refractivity contribution is 5.86. The molecule has 1 saturated carbocycles. The maximum absolute atomic E-state index is 3.49. The summed E-state index contributed by atoms with van der Waals surface area (Å²) in [5.74, 6) is 0.962. The first-order chi connectivity index (χ1) is 10.4. The molecule has 4 rings (SSSR count). The monoisotopic (exact) mass is 280 g/mol. The van der Waals surface area contributed by atoms with Gasteiger partial charge in [0.25, 0.3) is 0 Å². The Morgan fingerprint density at radius 1 is 1.00 bits per heavy atom. The molecule has 1 aliphatic carbocycles. The Kier molecular flexibility index (Phi) is 3.66. The van der Waals surface area contributed by atoms with Gasteiger partial charge < -0.3 is 5.32 Å². The molecule has 0 radical (unpaired) electrons. The molecule has 1 heterocycles. The molecule has 2 aromatic rings. The Hall–Kier alpha value is -1.38. The number of rotatable bonds is 4. The minimum atomic E-state index is 0.602. The Morgan fingerprint density at radius 3 is 2.57 bits per heavy atom. The van der Waals surface area contributed by atoms with Gasteiger partial charge in [0.1, 0.15) is 0 Å². The van der Waals surface area contributed by atoms with E-state index in [9.17, 15) is 0 Å². The molecule has 2 fully saturated rings. The van der Waals surface area contributed by atoms with Crippen molar-refractivity contribution in [2.45, 2.75) is 25.3 Å². The minimum absolute atomic E-state index is 0.602. The third kappa shape index (κ3) is 2.83. The minimum Gasteiger partial charge on any atom is -0.314 e. The van der Waals surface area contributed by atoms with Crippen molar-refractivity contribution in [2.24, 2.45) is 5.92 Å². The predicted octanol–water partition coefficient (Wildman–Crippen LogP) is 3.59. The van der Waals surface area contributed by atoms with Crippen LogP contribution in [0.25, 0.3) is 10.8 Å². The lowest BCUT2D eigenvalue weighted by molar-refractivity contribution is 0.161. The molecule has 0 amide bonds. The normalized spacial score (nSPS) is 21.5. The topological polar surface area (TPSA) is 15.3 Å². The van der Waals surface area contributed by atoms with E-state index in [4.69, 9.17) is 0 Å². The van der Waals surface area contributed by atoms with Crippen LogP contribution in [0.5, 0.6) is 0 Å². The lowest BCUT2D eigenvalue weighted by atomic mass is 9.93. The standard InChI is InChI=1S/C19H24N2/c1-2-6-17-16(4-1)5-3-7-18(17)19(14-15-8-9-15)21-12-10-20-11-13-21/h1-7,15,19-20H,8-14H2/t19-/m0/s1. The van der Waals surface area contributed by atoms with Crippen molar-refractivity contribution in [1.82, 2.24) is 10.2 Å². The molecular formula is C19H24N2. The zero-order chi connectivity index (χ0) is 14.1. The molecule has 0 spiro atoms. The highest BCUT2D eigenvalue weighted by Crippen LogP contribution is 2.41. The van der Waals surface area contributed by atoms with Gasteiger partial charge in [-0.15, -0.1) is 0 Å². The number of nitrogens with zero attached hydrogens (tertiary/aromatic N) is 1. The van der Waals surface area contributed by atoms with Gasteiger partial charge in [-0.05, 0) is 28.7 Å². The molecule has 1 atom stereocenters. The van der Waals surface area contributed by atoms with Crippen molar-refractivity contribution < 1.29 is 0 Å². The van der Waals surface area contributed by atoms with Crippen LogP contribution in [0.1, 0.15) is 30.9 Å². The van der Waals surface area contributed by atoms with E-state index < -0.39 is 0 Å². The van der Waals surface area contributed by atoms with Crippen molar-refractivity contribution >= 4 is 10.8 Å². The molecule has 2 aromatic carbocycles. The van der Waals surface area contributed by atoms with E-state index in [-0.39, 0.29) is 0 Å². The lowest BCUT2D eigenvalue weighted by Gasteiger charge is -2.36. The van der Waals surface area contributed by atoms with Crippen LogP contribution in [0.4, 0.5) is 0 Å². The molecule has 0 aromatic heterocycles. The lowest BCUT2D eigenvalue weighted by Crippen LogP contribution is -2.45. The summed E-state index contributed by atoms with van der Waals surface area (Å²) in [5, 5.41) is 6.31. The molecule has 21 heavy (non-hydrogen) atoms. The summed E-state index contributed by atoms with van der Waals surface area (Å²) in [6.07, 6.45) is 4.22. The van der Waals surface area contributed by atoms with Gasteiger partial charge in [-0.3, -0.25) is 4.90 Å². The van der Waals surface area contributed by atoms with E-state index in [0.717, 1.165) is 19.0 Å². The molecule has 1 saturated heterocycles.